The first kappa shape index (κ1) is 13.2. The molecule has 2 atom stereocenters. The standard InChI is InChI=1S/C12H15NO4/c1-9(15)17-11(5-2-6-14)12(13)10-4-3-7-16-8-10/h2-7,11-12H,8,13H2,1H3. The zero-order chi connectivity index (χ0) is 12.7. The van der Waals surface area contributed by atoms with Crippen LogP contribution in [-0.4, -0.2) is 31.0 Å². The zero-order valence-electron chi connectivity index (χ0n) is 9.54. The number of aldehydes is 1. The van der Waals surface area contributed by atoms with Gasteiger partial charge in [-0.3, -0.25) is 9.59 Å². The largest absolute Gasteiger partial charge is 0.497 e. The normalized spacial score (nSPS) is 18.1. The van der Waals surface area contributed by atoms with Crippen molar-refractivity contribution in [3.05, 3.63) is 36.1 Å². The molecule has 0 bridgehead atoms. The second-order valence-electron chi connectivity index (χ2n) is 3.50. The summed E-state index contributed by atoms with van der Waals surface area (Å²) in [4.78, 5) is 21.2. The lowest BCUT2D eigenvalue weighted by atomic mass is 10.0. The van der Waals surface area contributed by atoms with Gasteiger partial charge in [-0.2, -0.15) is 0 Å². The van der Waals surface area contributed by atoms with E-state index in [9.17, 15) is 9.59 Å². The van der Waals surface area contributed by atoms with Gasteiger partial charge in [0.25, 0.3) is 0 Å². The van der Waals surface area contributed by atoms with Crippen molar-refractivity contribution in [2.75, 3.05) is 6.61 Å². The van der Waals surface area contributed by atoms with Gasteiger partial charge in [-0.05, 0) is 23.8 Å². The minimum atomic E-state index is -0.668. The van der Waals surface area contributed by atoms with Crippen molar-refractivity contribution in [2.45, 2.75) is 19.1 Å². The van der Waals surface area contributed by atoms with Crippen LogP contribution in [0.25, 0.3) is 0 Å². The third-order valence-corrected chi connectivity index (χ3v) is 2.20. The molecule has 0 radical (unpaired) electrons. The second-order valence-corrected chi connectivity index (χ2v) is 3.50. The molecular formula is C12H15NO4. The van der Waals surface area contributed by atoms with Gasteiger partial charge in [-0.1, -0.05) is 6.08 Å². The number of esters is 1. The molecule has 1 aliphatic heterocycles. The van der Waals surface area contributed by atoms with Crippen LogP contribution in [0, 0.1) is 0 Å². The van der Waals surface area contributed by atoms with Crippen molar-refractivity contribution in [2.24, 2.45) is 5.73 Å². The van der Waals surface area contributed by atoms with Crippen LogP contribution in [0.4, 0.5) is 0 Å². The number of hydrogen-bond acceptors (Lipinski definition) is 5. The molecule has 5 heteroatoms. The number of hydrogen-bond donors (Lipinski definition) is 1. The van der Waals surface area contributed by atoms with Gasteiger partial charge in [0.15, 0.2) is 0 Å². The van der Waals surface area contributed by atoms with E-state index >= 15 is 0 Å². The van der Waals surface area contributed by atoms with Crippen LogP contribution in [0.3, 0.4) is 0 Å². The maximum absolute atomic E-state index is 10.9. The molecule has 5 nitrogen and oxygen atoms in total. The van der Waals surface area contributed by atoms with E-state index in [0.717, 1.165) is 5.57 Å². The predicted octanol–water partition coefficient (Wildman–Crippen LogP) is 0.471. The molecule has 0 fully saturated rings. The van der Waals surface area contributed by atoms with Gasteiger partial charge >= 0.3 is 5.97 Å². The molecule has 0 saturated heterocycles. The molecule has 17 heavy (non-hydrogen) atoms. The molecule has 1 rings (SSSR count). The van der Waals surface area contributed by atoms with Gasteiger partial charge in [0.1, 0.15) is 19.0 Å². The highest BCUT2D eigenvalue weighted by atomic mass is 16.5. The third kappa shape index (κ3) is 4.24. The summed E-state index contributed by atoms with van der Waals surface area (Å²) in [7, 11) is 0. The van der Waals surface area contributed by atoms with Crippen LogP contribution in [0.5, 0.6) is 0 Å². The lowest BCUT2D eigenvalue weighted by Crippen LogP contribution is -2.39. The Hall–Kier alpha value is -1.88. The summed E-state index contributed by atoms with van der Waals surface area (Å²) >= 11 is 0. The molecule has 0 aliphatic carbocycles. The Labute approximate surface area is 99.6 Å². The summed E-state index contributed by atoms with van der Waals surface area (Å²) in [6.45, 7) is 1.64. The van der Waals surface area contributed by atoms with E-state index in [-0.39, 0.29) is 0 Å². The number of ether oxygens (including phenoxy) is 2. The second kappa shape index (κ2) is 6.65. The molecule has 2 unspecified atom stereocenters. The fourth-order valence-corrected chi connectivity index (χ4v) is 1.41. The van der Waals surface area contributed by atoms with E-state index in [2.05, 4.69) is 0 Å². The number of carbonyl (C=O) groups excluding carboxylic acids is 2. The first-order valence-electron chi connectivity index (χ1n) is 5.17. The SMILES string of the molecule is CC(=O)OC(C=CC=O)C(N)C1=CC=COC1. The Bertz CT molecular complexity index is 371. The fraction of sp³-hybridized carbons (Fsp3) is 0.333. The number of nitrogens with two attached hydrogens (primary N) is 1. The van der Waals surface area contributed by atoms with Crippen LogP contribution < -0.4 is 5.73 Å². The van der Waals surface area contributed by atoms with Crippen LogP contribution in [-0.2, 0) is 19.1 Å². The number of carbonyl (C=O) groups is 2. The van der Waals surface area contributed by atoms with Crippen molar-refractivity contribution < 1.29 is 19.1 Å². The van der Waals surface area contributed by atoms with Crippen LogP contribution >= 0.6 is 0 Å². The van der Waals surface area contributed by atoms with Crippen LogP contribution in [0.2, 0.25) is 0 Å². The number of rotatable bonds is 5. The monoisotopic (exact) mass is 237 g/mol. The molecule has 0 spiro atoms. The topological polar surface area (TPSA) is 78.6 Å². The molecule has 1 heterocycles. The minimum Gasteiger partial charge on any atom is -0.497 e. The van der Waals surface area contributed by atoms with Gasteiger partial charge in [0.05, 0.1) is 12.3 Å². The van der Waals surface area contributed by atoms with Gasteiger partial charge in [-0.25, -0.2) is 0 Å². The van der Waals surface area contributed by atoms with E-state index in [1.807, 2.05) is 0 Å². The predicted molar refractivity (Wildman–Crippen MR) is 61.9 cm³/mol. The van der Waals surface area contributed by atoms with Crippen molar-refractivity contribution in [1.29, 1.82) is 0 Å². The summed E-state index contributed by atoms with van der Waals surface area (Å²) in [5.41, 5.74) is 6.76. The minimum absolute atomic E-state index is 0.352. The molecule has 0 aromatic rings. The van der Waals surface area contributed by atoms with Gasteiger partial charge in [0, 0.05) is 6.92 Å². The summed E-state index contributed by atoms with van der Waals surface area (Å²) in [6.07, 6.45) is 7.73. The Morgan fingerprint density at radius 3 is 2.94 bits per heavy atom. The Morgan fingerprint density at radius 1 is 1.65 bits per heavy atom. The highest BCUT2D eigenvalue weighted by Gasteiger charge is 2.22. The fourth-order valence-electron chi connectivity index (χ4n) is 1.41. The summed E-state index contributed by atoms with van der Waals surface area (Å²) in [6, 6.07) is -0.528. The molecular weight excluding hydrogens is 222 g/mol. The lowest BCUT2D eigenvalue weighted by Gasteiger charge is -2.24. The highest BCUT2D eigenvalue weighted by molar-refractivity contribution is 5.67. The molecule has 0 amide bonds. The van der Waals surface area contributed by atoms with Crippen LogP contribution in [0.1, 0.15) is 6.92 Å². The highest BCUT2D eigenvalue weighted by Crippen LogP contribution is 2.13. The molecule has 0 aromatic heterocycles. The van der Waals surface area contributed by atoms with Crippen molar-refractivity contribution in [3.8, 4) is 0 Å². The van der Waals surface area contributed by atoms with Crippen molar-refractivity contribution in [1.82, 2.24) is 0 Å². The van der Waals surface area contributed by atoms with Crippen molar-refractivity contribution >= 4 is 12.3 Å². The maximum atomic E-state index is 10.9. The van der Waals surface area contributed by atoms with Gasteiger partial charge in [-0.15, -0.1) is 0 Å². The molecule has 0 saturated carbocycles. The average molecular weight is 237 g/mol. The smallest absolute Gasteiger partial charge is 0.303 e. The molecule has 1 aliphatic rings. The number of allylic oxidation sites excluding steroid dienone is 3. The first-order chi connectivity index (χ1) is 8.15. The van der Waals surface area contributed by atoms with E-state index < -0.39 is 18.1 Å². The average Bonchev–Trinajstić information content (AvgIpc) is 2.34. The third-order valence-electron chi connectivity index (χ3n) is 2.20. The van der Waals surface area contributed by atoms with E-state index in [1.54, 1.807) is 18.4 Å². The quantitative estimate of drug-likeness (QED) is 0.427. The van der Waals surface area contributed by atoms with E-state index in [1.165, 1.54) is 19.1 Å². The summed E-state index contributed by atoms with van der Waals surface area (Å²) < 4.78 is 10.1. The van der Waals surface area contributed by atoms with Gasteiger partial charge in [0.2, 0.25) is 0 Å². The van der Waals surface area contributed by atoms with Crippen molar-refractivity contribution in [3.63, 3.8) is 0 Å². The summed E-state index contributed by atoms with van der Waals surface area (Å²) in [5, 5.41) is 0. The Balaban J connectivity index is 2.77. The van der Waals surface area contributed by atoms with Gasteiger partial charge < -0.3 is 15.2 Å². The molecule has 0 aromatic carbocycles. The van der Waals surface area contributed by atoms with E-state index in [0.29, 0.717) is 12.9 Å². The molecule has 92 valence electrons. The molecule has 2 N–H and O–H groups in total. The first-order valence-corrected chi connectivity index (χ1v) is 5.17. The lowest BCUT2D eigenvalue weighted by molar-refractivity contribution is -0.144. The van der Waals surface area contributed by atoms with Crippen LogP contribution in [0.15, 0.2) is 36.1 Å². The Morgan fingerprint density at radius 2 is 2.41 bits per heavy atom. The summed E-state index contributed by atoms with van der Waals surface area (Å²) in [5.74, 6) is -0.450. The zero-order valence-corrected chi connectivity index (χ0v) is 9.54. The Kier molecular flexibility index (Phi) is 5.16. The van der Waals surface area contributed by atoms with E-state index in [4.69, 9.17) is 15.2 Å². The maximum Gasteiger partial charge on any atom is 0.303 e.